The molecule has 0 aliphatic heterocycles. The topological polar surface area (TPSA) is 85.6 Å². The summed E-state index contributed by atoms with van der Waals surface area (Å²) in [7, 11) is -3.83. The lowest BCUT2D eigenvalue weighted by atomic mass is 10.0. The van der Waals surface area contributed by atoms with E-state index >= 15 is 0 Å². The molecule has 160 valence electrons. The third-order valence-electron chi connectivity index (χ3n) is 4.99. The Bertz CT molecular complexity index is 1400. The van der Waals surface area contributed by atoms with Crippen molar-refractivity contribution in [1.29, 1.82) is 0 Å². The standard InChI is InChI=1S/C24H23NO5S/c1-14(2)29-24(26)22-16(4)30-23-19-8-6-5-7-18(19)21(13-20(22)23)25-31(27,28)17-11-9-15(3)10-12-17/h5-14,25H,1-4H3. The number of fused-ring (bicyclic) bond motifs is 3. The van der Waals surface area contributed by atoms with Gasteiger partial charge in [-0.1, -0.05) is 42.0 Å². The van der Waals surface area contributed by atoms with E-state index in [1.165, 1.54) is 0 Å². The molecule has 1 heterocycles. The van der Waals surface area contributed by atoms with Crippen LogP contribution in [0.5, 0.6) is 0 Å². The molecule has 0 atom stereocenters. The summed E-state index contributed by atoms with van der Waals surface area (Å²) in [6.07, 6.45) is -0.295. The molecule has 0 fully saturated rings. The summed E-state index contributed by atoms with van der Waals surface area (Å²) >= 11 is 0. The fourth-order valence-corrected chi connectivity index (χ4v) is 4.64. The van der Waals surface area contributed by atoms with Gasteiger partial charge in [-0.05, 0) is 45.9 Å². The van der Waals surface area contributed by atoms with Crippen molar-refractivity contribution >= 4 is 43.4 Å². The minimum absolute atomic E-state index is 0.157. The highest BCUT2D eigenvalue weighted by Gasteiger charge is 2.24. The van der Waals surface area contributed by atoms with Crippen molar-refractivity contribution in [3.05, 3.63) is 71.5 Å². The Morgan fingerprint density at radius 1 is 0.968 bits per heavy atom. The van der Waals surface area contributed by atoms with Crippen molar-refractivity contribution in [2.75, 3.05) is 4.72 Å². The zero-order valence-electron chi connectivity index (χ0n) is 17.7. The van der Waals surface area contributed by atoms with E-state index in [-0.39, 0.29) is 11.0 Å². The van der Waals surface area contributed by atoms with Crippen LogP contribution < -0.4 is 4.72 Å². The van der Waals surface area contributed by atoms with Crippen molar-refractivity contribution in [3.63, 3.8) is 0 Å². The maximum absolute atomic E-state index is 13.0. The molecule has 0 radical (unpaired) electrons. The Balaban J connectivity index is 1.92. The summed E-state index contributed by atoms with van der Waals surface area (Å²) in [5, 5.41) is 1.87. The first-order valence-electron chi connectivity index (χ1n) is 9.92. The van der Waals surface area contributed by atoms with E-state index in [4.69, 9.17) is 9.15 Å². The Morgan fingerprint density at radius 3 is 2.26 bits per heavy atom. The molecule has 0 amide bonds. The van der Waals surface area contributed by atoms with Gasteiger partial charge >= 0.3 is 5.97 Å². The molecule has 0 saturated heterocycles. The van der Waals surface area contributed by atoms with Crippen molar-refractivity contribution in [2.45, 2.75) is 38.7 Å². The predicted octanol–water partition coefficient (Wildman–Crippen LogP) is 5.57. The van der Waals surface area contributed by atoms with Gasteiger partial charge in [-0.3, -0.25) is 4.72 Å². The van der Waals surface area contributed by atoms with Crippen molar-refractivity contribution in [3.8, 4) is 0 Å². The summed E-state index contributed by atoms with van der Waals surface area (Å²) in [4.78, 5) is 12.9. The number of hydrogen-bond acceptors (Lipinski definition) is 5. The smallest absolute Gasteiger partial charge is 0.342 e. The molecule has 0 saturated carbocycles. The number of carbonyl (C=O) groups excluding carboxylic acids is 1. The van der Waals surface area contributed by atoms with E-state index in [9.17, 15) is 13.2 Å². The summed E-state index contributed by atoms with van der Waals surface area (Å²) in [5.74, 6) is -0.0850. The molecule has 4 rings (SSSR count). The zero-order chi connectivity index (χ0) is 22.3. The van der Waals surface area contributed by atoms with Crippen LogP contribution in [0.2, 0.25) is 0 Å². The lowest BCUT2D eigenvalue weighted by molar-refractivity contribution is 0.0378. The third kappa shape index (κ3) is 3.88. The molecule has 0 aliphatic carbocycles. The average Bonchev–Trinajstić information content (AvgIpc) is 3.04. The quantitative estimate of drug-likeness (QED) is 0.413. The summed E-state index contributed by atoms with van der Waals surface area (Å²) < 4.78 is 40.1. The van der Waals surface area contributed by atoms with Crippen LogP contribution in [-0.4, -0.2) is 20.5 Å². The lowest BCUT2D eigenvalue weighted by Gasteiger charge is -2.12. The molecular weight excluding hydrogens is 414 g/mol. The Kier molecular flexibility index (Phi) is 5.23. The monoisotopic (exact) mass is 437 g/mol. The number of hydrogen-bond donors (Lipinski definition) is 1. The summed E-state index contributed by atoms with van der Waals surface area (Å²) in [5.41, 5.74) is 2.14. The van der Waals surface area contributed by atoms with Crippen LogP contribution in [-0.2, 0) is 14.8 Å². The van der Waals surface area contributed by atoms with Crippen LogP contribution >= 0.6 is 0 Å². The second-order valence-corrected chi connectivity index (χ2v) is 9.43. The van der Waals surface area contributed by atoms with E-state index in [0.717, 1.165) is 5.56 Å². The van der Waals surface area contributed by atoms with Crippen molar-refractivity contribution in [1.82, 2.24) is 0 Å². The van der Waals surface area contributed by atoms with E-state index in [1.807, 2.05) is 31.2 Å². The highest BCUT2D eigenvalue weighted by Crippen LogP contribution is 2.37. The van der Waals surface area contributed by atoms with E-state index in [0.29, 0.717) is 38.8 Å². The largest absolute Gasteiger partial charge is 0.460 e. The van der Waals surface area contributed by atoms with Crippen LogP contribution in [0.15, 0.2) is 63.9 Å². The maximum Gasteiger partial charge on any atom is 0.342 e. The Labute approximate surface area is 180 Å². The molecule has 7 heteroatoms. The molecule has 31 heavy (non-hydrogen) atoms. The Hall–Kier alpha value is -3.32. The highest BCUT2D eigenvalue weighted by atomic mass is 32.2. The minimum Gasteiger partial charge on any atom is -0.460 e. The fourth-order valence-electron chi connectivity index (χ4n) is 3.57. The van der Waals surface area contributed by atoms with Crippen LogP contribution in [0.3, 0.4) is 0 Å². The van der Waals surface area contributed by atoms with Gasteiger partial charge in [0.25, 0.3) is 10.0 Å². The lowest BCUT2D eigenvalue weighted by Crippen LogP contribution is -2.14. The summed E-state index contributed by atoms with van der Waals surface area (Å²) in [6.45, 7) is 7.13. The van der Waals surface area contributed by atoms with E-state index in [2.05, 4.69) is 4.72 Å². The molecule has 6 nitrogen and oxygen atoms in total. The minimum atomic E-state index is -3.83. The van der Waals surface area contributed by atoms with E-state index < -0.39 is 16.0 Å². The molecule has 1 N–H and O–H groups in total. The molecule has 0 unspecified atom stereocenters. The van der Waals surface area contributed by atoms with Crippen LogP contribution in [0.25, 0.3) is 21.7 Å². The van der Waals surface area contributed by atoms with Gasteiger partial charge in [0.2, 0.25) is 0 Å². The first kappa shape index (κ1) is 20.9. The highest BCUT2D eigenvalue weighted by molar-refractivity contribution is 7.92. The number of esters is 1. The van der Waals surface area contributed by atoms with Crippen LogP contribution in [0.1, 0.15) is 35.5 Å². The van der Waals surface area contributed by atoms with Crippen LogP contribution in [0, 0.1) is 13.8 Å². The number of benzene rings is 3. The van der Waals surface area contributed by atoms with E-state index in [1.54, 1.807) is 51.1 Å². The first-order chi connectivity index (χ1) is 14.7. The molecular formula is C24H23NO5S. The maximum atomic E-state index is 13.0. The number of sulfonamides is 1. The number of nitrogens with one attached hydrogen (secondary N) is 1. The van der Waals surface area contributed by atoms with Gasteiger partial charge < -0.3 is 9.15 Å². The molecule has 1 aromatic heterocycles. The zero-order valence-corrected chi connectivity index (χ0v) is 18.5. The average molecular weight is 438 g/mol. The normalized spacial score (nSPS) is 11.9. The van der Waals surface area contributed by atoms with Crippen molar-refractivity contribution < 1.29 is 22.4 Å². The predicted molar refractivity (Wildman–Crippen MR) is 121 cm³/mol. The van der Waals surface area contributed by atoms with Gasteiger partial charge in [-0.2, -0.15) is 0 Å². The van der Waals surface area contributed by atoms with Gasteiger partial charge in [-0.15, -0.1) is 0 Å². The number of rotatable bonds is 5. The van der Waals surface area contributed by atoms with Gasteiger partial charge in [0, 0.05) is 16.2 Å². The summed E-state index contributed by atoms with van der Waals surface area (Å²) in [6, 6.07) is 15.6. The fraction of sp³-hybridized carbons (Fsp3) is 0.208. The number of anilines is 1. The van der Waals surface area contributed by atoms with Gasteiger partial charge in [0.1, 0.15) is 16.9 Å². The number of carbonyl (C=O) groups is 1. The van der Waals surface area contributed by atoms with Gasteiger partial charge in [-0.25, -0.2) is 13.2 Å². The Morgan fingerprint density at radius 2 is 1.61 bits per heavy atom. The molecule has 0 bridgehead atoms. The first-order valence-corrected chi connectivity index (χ1v) is 11.4. The second kappa shape index (κ2) is 7.74. The second-order valence-electron chi connectivity index (χ2n) is 7.75. The molecule has 3 aromatic carbocycles. The number of furan rings is 1. The molecule has 0 aliphatic rings. The molecule has 4 aromatic rings. The van der Waals surface area contributed by atoms with Crippen LogP contribution in [0.4, 0.5) is 5.69 Å². The third-order valence-corrected chi connectivity index (χ3v) is 6.38. The number of aryl methyl sites for hydroxylation is 2. The van der Waals surface area contributed by atoms with Gasteiger partial charge in [0.15, 0.2) is 0 Å². The van der Waals surface area contributed by atoms with Gasteiger partial charge in [0.05, 0.1) is 16.7 Å². The molecule has 0 spiro atoms. The SMILES string of the molecule is Cc1ccc(S(=O)(=O)Nc2cc3c(C(=O)OC(C)C)c(C)oc3c3ccccc23)cc1. The number of ether oxygens (including phenoxy) is 1. The van der Waals surface area contributed by atoms with Crippen molar-refractivity contribution in [2.24, 2.45) is 0 Å².